The van der Waals surface area contributed by atoms with E-state index in [9.17, 15) is 8.42 Å². The van der Waals surface area contributed by atoms with E-state index >= 15 is 0 Å². The van der Waals surface area contributed by atoms with E-state index in [1.54, 1.807) is 0 Å². The van der Waals surface area contributed by atoms with Gasteiger partial charge in [0.1, 0.15) is 0 Å². The van der Waals surface area contributed by atoms with E-state index in [0.717, 1.165) is 11.1 Å². The van der Waals surface area contributed by atoms with Crippen LogP contribution in [0.2, 0.25) is 0 Å². The smallest absolute Gasteiger partial charge is 0.293 e. The van der Waals surface area contributed by atoms with Crippen molar-refractivity contribution in [2.24, 2.45) is 0 Å². The predicted octanol–water partition coefficient (Wildman–Crippen LogP) is 3.82. The zero-order valence-electron chi connectivity index (χ0n) is 15.0. The topological polar surface area (TPSA) is 89.4 Å². The lowest BCUT2D eigenvalue weighted by molar-refractivity contribution is 0.387. The molecule has 0 aliphatic rings. The van der Waals surface area contributed by atoms with E-state index in [1.165, 1.54) is 23.5 Å². The molecule has 0 fully saturated rings. The number of sulfonamides is 1. The van der Waals surface area contributed by atoms with Gasteiger partial charge in [-0.15, -0.1) is 0 Å². The second-order valence-corrected chi connectivity index (χ2v) is 8.13. The summed E-state index contributed by atoms with van der Waals surface area (Å²) in [5.74, 6) is 0.713. The van der Waals surface area contributed by atoms with Gasteiger partial charge in [0, 0.05) is 19.2 Å². The van der Waals surface area contributed by atoms with Gasteiger partial charge < -0.3 is 8.94 Å². The van der Waals surface area contributed by atoms with E-state index in [-0.39, 0.29) is 23.3 Å². The Labute approximate surface area is 162 Å². The summed E-state index contributed by atoms with van der Waals surface area (Å²) in [4.78, 5) is 4.28. The van der Waals surface area contributed by atoms with Crippen molar-refractivity contribution < 1.29 is 17.4 Å². The van der Waals surface area contributed by atoms with Gasteiger partial charge in [-0.25, -0.2) is 8.42 Å². The Kier molecular flexibility index (Phi) is 4.81. The monoisotopic (exact) mass is 395 g/mol. The fraction of sp³-hybridized carbons (Fsp3) is 0.100. The maximum atomic E-state index is 12.8. The Balaban J connectivity index is 1.56. The average molecular weight is 395 g/mol. The first-order valence-corrected chi connectivity index (χ1v) is 9.97. The van der Waals surface area contributed by atoms with Crippen LogP contribution >= 0.6 is 0 Å². The molecule has 2 aromatic heterocycles. The van der Waals surface area contributed by atoms with Crippen LogP contribution in [0.3, 0.4) is 0 Å². The minimum absolute atomic E-state index is 0.117. The maximum absolute atomic E-state index is 12.8. The second-order valence-electron chi connectivity index (χ2n) is 6.15. The fourth-order valence-corrected chi connectivity index (χ4v) is 3.74. The Hall–Kier alpha value is -3.23. The highest BCUT2D eigenvalue weighted by atomic mass is 32.2. The highest BCUT2D eigenvalue weighted by Gasteiger charge is 2.26. The molecule has 7 nitrogen and oxygen atoms in total. The van der Waals surface area contributed by atoms with Gasteiger partial charge in [0.15, 0.2) is 5.76 Å². The molecule has 8 heteroatoms. The molecular weight excluding hydrogens is 378 g/mol. The molecule has 0 N–H and O–H groups in total. The van der Waals surface area contributed by atoms with Gasteiger partial charge >= 0.3 is 0 Å². The molecule has 0 radical (unpaired) electrons. The summed E-state index contributed by atoms with van der Waals surface area (Å²) in [6, 6.07) is 21.6. The lowest BCUT2D eigenvalue weighted by Crippen LogP contribution is -2.26. The third-order valence-corrected chi connectivity index (χ3v) is 5.84. The SMILES string of the molecule is CN(Cc1ccccc1)S(=O)(=O)c1ccc(-c2nc(-c3ccccc3)no2)o1. The van der Waals surface area contributed by atoms with Crippen LogP contribution in [0, 0.1) is 0 Å². The van der Waals surface area contributed by atoms with Crippen molar-refractivity contribution in [2.75, 3.05) is 7.05 Å². The molecule has 4 aromatic rings. The van der Waals surface area contributed by atoms with Gasteiger partial charge in [0.25, 0.3) is 15.9 Å². The number of rotatable bonds is 6. The largest absolute Gasteiger partial charge is 0.438 e. The summed E-state index contributed by atoms with van der Waals surface area (Å²) in [7, 11) is -2.29. The van der Waals surface area contributed by atoms with Crippen LogP contribution in [0.25, 0.3) is 23.0 Å². The third-order valence-electron chi connectivity index (χ3n) is 4.16. The second kappa shape index (κ2) is 7.41. The van der Waals surface area contributed by atoms with Gasteiger partial charge in [0.05, 0.1) is 0 Å². The van der Waals surface area contributed by atoms with E-state index in [0.29, 0.717) is 5.82 Å². The molecule has 28 heavy (non-hydrogen) atoms. The molecule has 4 rings (SSSR count). The summed E-state index contributed by atoms with van der Waals surface area (Å²) in [5.41, 5.74) is 1.67. The van der Waals surface area contributed by atoms with Crippen molar-refractivity contribution in [3.63, 3.8) is 0 Å². The number of hydrogen-bond acceptors (Lipinski definition) is 6. The Morgan fingerprint density at radius 2 is 1.61 bits per heavy atom. The highest BCUT2D eigenvalue weighted by molar-refractivity contribution is 7.88. The zero-order chi connectivity index (χ0) is 19.6. The van der Waals surface area contributed by atoms with Crippen molar-refractivity contribution in [3.8, 4) is 23.0 Å². The van der Waals surface area contributed by atoms with Gasteiger partial charge in [-0.3, -0.25) is 0 Å². The lowest BCUT2D eigenvalue weighted by atomic mass is 10.2. The molecule has 2 heterocycles. The standard InChI is InChI=1S/C20H17N3O4S/c1-23(14-15-8-4-2-5-9-15)28(24,25)18-13-12-17(26-18)20-21-19(22-27-20)16-10-6-3-7-11-16/h2-13H,14H2,1H3. The molecule has 0 spiro atoms. The summed E-state index contributed by atoms with van der Waals surface area (Å²) in [6.07, 6.45) is 0. The van der Waals surface area contributed by atoms with Crippen molar-refractivity contribution >= 4 is 10.0 Å². The van der Waals surface area contributed by atoms with Crippen LogP contribution in [0.4, 0.5) is 0 Å². The molecule has 0 saturated carbocycles. The summed E-state index contributed by atoms with van der Waals surface area (Å²) < 4.78 is 37.5. The van der Waals surface area contributed by atoms with Crippen molar-refractivity contribution in [1.29, 1.82) is 0 Å². The van der Waals surface area contributed by atoms with Gasteiger partial charge in [0.2, 0.25) is 10.9 Å². The number of benzene rings is 2. The van der Waals surface area contributed by atoms with E-state index < -0.39 is 10.0 Å². The molecule has 0 aliphatic carbocycles. The molecule has 0 aliphatic heterocycles. The first-order valence-electron chi connectivity index (χ1n) is 8.53. The molecule has 0 amide bonds. The molecule has 0 atom stereocenters. The van der Waals surface area contributed by atoms with Gasteiger partial charge in [-0.1, -0.05) is 65.8 Å². The van der Waals surface area contributed by atoms with Crippen LogP contribution < -0.4 is 0 Å². The van der Waals surface area contributed by atoms with E-state index in [2.05, 4.69) is 10.1 Å². The Bertz CT molecular complexity index is 1170. The average Bonchev–Trinajstić information content (AvgIpc) is 3.39. The normalized spacial score (nSPS) is 11.8. The van der Waals surface area contributed by atoms with Crippen LogP contribution in [0.1, 0.15) is 5.56 Å². The summed E-state index contributed by atoms with van der Waals surface area (Å²) in [6.45, 7) is 0.234. The molecule has 0 bridgehead atoms. The molecule has 142 valence electrons. The predicted molar refractivity (Wildman–Crippen MR) is 103 cm³/mol. The van der Waals surface area contributed by atoms with Crippen molar-refractivity contribution in [3.05, 3.63) is 78.4 Å². The molecule has 0 saturated heterocycles. The number of furan rings is 1. The minimum Gasteiger partial charge on any atom is -0.438 e. The Morgan fingerprint density at radius 1 is 0.929 bits per heavy atom. The molecule has 0 unspecified atom stereocenters. The fourth-order valence-electron chi connectivity index (χ4n) is 2.68. The number of aromatic nitrogens is 2. The Morgan fingerprint density at radius 3 is 2.32 bits per heavy atom. The summed E-state index contributed by atoms with van der Waals surface area (Å²) >= 11 is 0. The van der Waals surface area contributed by atoms with Crippen molar-refractivity contribution in [2.45, 2.75) is 11.6 Å². The maximum Gasteiger partial charge on any atom is 0.293 e. The minimum atomic E-state index is -3.79. The van der Waals surface area contributed by atoms with E-state index in [1.807, 2.05) is 60.7 Å². The van der Waals surface area contributed by atoms with Crippen LogP contribution in [-0.2, 0) is 16.6 Å². The van der Waals surface area contributed by atoms with E-state index in [4.69, 9.17) is 8.94 Å². The van der Waals surface area contributed by atoms with Crippen LogP contribution in [0.15, 0.2) is 86.8 Å². The van der Waals surface area contributed by atoms with Gasteiger partial charge in [-0.05, 0) is 17.7 Å². The summed E-state index contributed by atoms with van der Waals surface area (Å²) in [5, 5.41) is 3.74. The highest BCUT2D eigenvalue weighted by Crippen LogP contribution is 2.27. The van der Waals surface area contributed by atoms with Crippen LogP contribution in [0.5, 0.6) is 0 Å². The molecular formula is C20H17N3O4S. The van der Waals surface area contributed by atoms with Crippen molar-refractivity contribution in [1.82, 2.24) is 14.4 Å². The number of hydrogen-bond donors (Lipinski definition) is 0. The quantitative estimate of drug-likeness (QED) is 0.493. The lowest BCUT2D eigenvalue weighted by Gasteiger charge is -2.15. The van der Waals surface area contributed by atoms with Gasteiger partial charge in [-0.2, -0.15) is 9.29 Å². The van der Waals surface area contributed by atoms with Crippen LogP contribution in [-0.4, -0.2) is 29.9 Å². The third kappa shape index (κ3) is 3.60. The molecule has 2 aromatic carbocycles. The number of nitrogens with zero attached hydrogens (tertiary/aromatic N) is 3. The zero-order valence-corrected chi connectivity index (χ0v) is 15.8. The first-order chi connectivity index (χ1) is 13.5. The first kappa shape index (κ1) is 18.1.